The molecule has 116 valence electrons. The first-order valence-electron chi connectivity index (χ1n) is 6.81. The summed E-state index contributed by atoms with van der Waals surface area (Å²) < 4.78 is 10.4. The highest BCUT2D eigenvalue weighted by Gasteiger charge is 2.36. The molecular formula is C17H17ClO4. The first kappa shape index (κ1) is 16.3. The maximum Gasteiger partial charge on any atom is 0.338 e. The minimum absolute atomic E-state index is 0.147. The summed E-state index contributed by atoms with van der Waals surface area (Å²) in [4.78, 5) is 24.3. The highest BCUT2D eigenvalue weighted by atomic mass is 35.5. The molecule has 0 fully saturated rings. The topological polar surface area (TPSA) is 52.6 Å². The van der Waals surface area contributed by atoms with Crippen LogP contribution in [0.2, 0.25) is 5.02 Å². The molecule has 0 spiro atoms. The van der Waals surface area contributed by atoms with Gasteiger partial charge in [0, 0.05) is 10.6 Å². The van der Waals surface area contributed by atoms with Crippen LogP contribution in [0.1, 0.15) is 32.3 Å². The Morgan fingerprint density at radius 1 is 1.09 bits per heavy atom. The average molecular weight is 321 g/mol. The van der Waals surface area contributed by atoms with Gasteiger partial charge in [0.25, 0.3) is 0 Å². The van der Waals surface area contributed by atoms with Crippen LogP contribution in [0.5, 0.6) is 0 Å². The number of Topliss-reactive ketones (excluding diaryl/α,β-unsaturated/α-hetero) is 1. The Labute approximate surface area is 134 Å². The number of carbonyl (C=O) groups excluding carboxylic acids is 2. The van der Waals surface area contributed by atoms with Gasteiger partial charge in [-0.25, -0.2) is 4.79 Å². The maximum absolute atomic E-state index is 12.2. The minimum Gasteiger partial charge on any atom is -0.466 e. The molecule has 5 heteroatoms. The van der Waals surface area contributed by atoms with Crippen molar-refractivity contribution in [1.29, 1.82) is 0 Å². The summed E-state index contributed by atoms with van der Waals surface area (Å²) in [5.74, 6) is -0.238. The molecule has 0 N–H and O–H groups in total. The number of benzene rings is 1. The van der Waals surface area contributed by atoms with Crippen molar-refractivity contribution in [2.24, 2.45) is 0 Å². The van der Waals surface area contributed by atoms with E-state index < -0.39 is 11.9 Å². The fourth-order valence-electron chi connectivity index (χ4n) is 2.70. The highest BCUT2D eigenvalue weighted by Crippen LogP contribution is 2.41. The van der Waals surface area contributed by atoms with Crippen LogP contribution < -0.4 is 0 Å². The van der Waals surface area contributed by atoms with Crippen molar-refractivity contribution < 1.29 is 19.1 Å². The summed E-state index contributed by atoms with van der Waals surface area (Å²) in [5.41, 5.74) is 1.57. The lowest BCUT2D eigenvalue weighted by molar-refractivity contribution is -0.136. The quantitative estimate of drug-likeness (QED) is 0.796. The second-order valence-corrected chi connectivity index (χ2v) is 5.51. The van der Waals surface area contributed by atoms with Crippen molar-refractivity contribution in [3.05, 3.63) is 57.5 Å². The number of rotatable bonds is 3. The van der Waals surface area contributed by atoms with Crippen LogP contribution in [0.25, 0.3) is 0 Å². The zero-order valence-electron chi connectivity index (χ0n) is 12.9. The summed E-state index contributed by atoms with van der Waals surface area (Å²) in [5, 5.41) is 0.584. The summed E-state index contributed by atoms with van der Waals surface area (Å²) in [6.07, 6.45) is 0. The van der Waals surface area contributed by atoms with E-state index in [-0.39, 0.29) is 5.78 Å². The van der Waals surface area contributed by atoms with Crippen LogP contribution in [-0.4, -0.2) is 18.9 Å². The Bertz CT molecular complexity index is 683. The van der Waals surface area contributed by atoms with E-state index in [9.17, 15) is 9.59 Å². The molecule has 0 aromatic heterocycles. The molecule has 0 saturated heterocycles. The number of hydrogen-bond acceptors (Lipinski definition) is 4. The summed E-state index contributed by atoms with van der Waals surface area (Å²) in [7, 11) is 1.31. The molecule has 1 aliphatic rings. The molecule has 0 saturated carbocycles. The van der Waals surface area contributed by atoms with E-state index in [0.29, 0.717) is 27.7 Å². The Hall–Kier alpha value is -2.07. The molecule has 1 atom stereocenters. The average Bonchev–Trinajstić information content (AvgIpc) is 2.46. The first-order chi connectivity index (χ1) is 10.4. The molecule has 1 unspecified atom stereocenters. The number of ether oxygens (including phenoxy) is 2. The molecule has 2 rings (SSSR count). The van der Waals surface area contributed by atoms with Crippen LogP contribution in [0, 0.1) is 0 Å². The van der Waals surface area contributed by atoms with E-state index >= 15 is 0 Å². The molecule has 1 aromatic rings. The normalized spacial score (nSPS) is 18.1. The minimum atomic E-state index is -0.518. The Morgan fingerprint density at radius 3 is 2.14 bits per heavy atom. The van der Waals surface area contributed by atoms with Crippen molar-refractivity contribution in [3.8, 4) is 0 Å². The Kier molecular flexibility index (Phi) is 4.71. The van der Waals surface area contributed by atoms with Crippen LogP contribution in [0.3, 0.4) is 0 Å². The number of carbonyl (C=O) groups is 2. The lowest BCUT2D eigenvalue weighted by Crippen LogP contribution is -2.25. The van der Waals surface area contributed by atoms with Crippen LogP contribution in [0.4, 0.5) is 0 Å². The van der Waals surface area contributed by atoms with Crippen LogP contribution in [-0.2, 0) is 19.1 Å². The van der Waals surface area contributed by atoms with E-state index in [4.69, 9.17) is 21.1 Å². The SMILES string of the molecule is COC(=O)C1=C(C)OC(C)=C(C(C)=O)C1c1ccc(Cl)cc1. The van der Waals surface area contributed by atoms with Crippen LogP contribution in [0.15, 0.2) is 46.9 Å². The largest absolute Gasteiger partial charge is 0.466 e. The molecule has 1 heterocycles. The molecule has 4 nitrogen and oxygen atoms in total. The van der Waals surface area contributed by atoms with Crippen molar-refractivity contribution in [2.45, 2.75) is 26.7 Å². The third kappa shape index (κ3) is 2.92. The Balaban J connectivity index is 2.66. The van der Waals surface area contributed by atoms with Crippen molar-refractivity contribution in [2.75, 3.05) is 7.11 Å². The molecule has 1 aromatic carbocycles. The van der Waals surface area contributed by atoms with Gasteiger partial charge in [-0.15, -0.1) is 0 Å². The smallest absolute Gasteiger partial charge is 0.338 e. The van der Waals surface area contributed by atoms with Crippen LogP contribution >= 0.6 is 11.6 Å². The van der Waals surface area contributed by atoms with Gasteiger partial charge < -0.3 is 9.47 Å². The van der Waals surface area contributed by atoms with Gasteiger partial charge >= 0.3 is 5.97 Å². The van der Waals surface area contributed by atoms with Gasteiger partial charge in [-0.3, -0.25) is 4.79 Å². The van der Waals surface area contributed by atoms with Crippen molar-refractivity contribution >= 4 is 23.4 Å². The second kappa shape index (κ2) is 6.36. The van der Waals surface area contributed by atoms with Gasteiger partial charge in [0.05, 0.1) is 18.6 Å². The fourth-order valence-corrected chi connectivity index (χ4v) is 2.83. The van der Waals surface area contributed by atoms with Gasteiger partial charge in [-0.05, 0) is 38.5 Å². The van der Waals surface area contributed by atoms with Gasteiger partial charge in [-0.1, -0.05) is 23.7 Å². The number of ketones is 1. The molecule has 0 radical (unpaired) electrons. The van der Waals surface area contributed by atoms with Gasteiger partial charge in [0.1, 0.15) is 11.5 Å². The predicted molar refractivity (Wildman–Crippen MR) is 83.4 cm³/mol. The third-order valence-corrected chi connectivity index (χ3v) is 3.88. The lowest BCUT2D eigenvalue weighted by Gasteiger charge is -2.29. The standard InChI is InChI=1S/C17H17ClO4/c1-9(19)14-10(2)22-11(3)15(17(20)21-4)16(14)12-5-7-13(18)8-6-12/h5-8,16H,1-4H3. The Morgan fingerprint density at radius 2 is 1.64 bits per heavy atom. The first-order valence-corrected chi connectivity index (χ1v) is 7.18. The van der Waals surface area contributed by atoms with Gasteiger partial charge in [-0.2, -0.15) is 0 Å². The maximum atomic E-state index is 12.2. The zero-order chi connectivity index (χ0) is 16.4. The highest BCUT2D eigenvalue weighted by molar-refractivity contribution is 6.30. The summed E-state index contributed by atoms with van der Waals surface area (Å²) in [6.45, 7) is 4.87. The zero-order valence-corrected chi connectivity index (χ0v) is 13.7. The summed E-state index contributed by atoms with van der Waals surface area (Å²) in [6, 6.07) is 7.04. The number of esters is 1. The molecule has 22 heavy (non-hydrogen) atoms. The number of halogens is 1. The van der Waals surface area contributed by atoms with Crippen molar-refractivity contribution in [1.82, 2.24) is 0 Å². The molecule has 1 aliphatic heterocycles. The van der Waals surface area contributed by atoms with E-state index in [1.807, 2.05) is 0 Å². The van der Waals surface area contributed by atoms with E-state index in [1.165, 1.54) is 14.0 Å². The number of allylic oxidation sites excluding steroid dienone is 3. The number of hydrogen-bond donors (Lipinski definition) is 0. The lowest BCUT2D eigenvalue weighted by atomic mass is 9.80. The molecular weight excluding hydrogens is 304 g/mol. The van der Waals surface area contributed by atoms with E-state index in [0.717, 1.165) is 5.56 Å². The molecule has 0 aliphatic carbocycles. The summed E-state index contributed by atoms with van der Waals surface area (Å²) >= 11 is 5.93. The molecule has 0 bridgehead atoms. The van der Waals surface area contributed by atoms with Gasteiger partial charge in [0.15, 0.2) is 5.78 Å². The van der Waals surface area contributed by atoms with E-state index in [2.05, 4.69) is 0 Å². The number of methoxy groups -OCH3 is 1. The van der Waals surface area contributed by atoms with E-state index in [1.54, 1.807) is 38.1 Å². The monoisotopic (exact) mass is 320 g/mol. The van der Waals surface area contributed by atoms with Gasteiger partial charge in [0.2, 0.25) is 0 Å². The fraction of sp³-hybridized carbons (Fsp3) is 0.294. The van der Waals surface area contributed by atoms with Crippen molar-refractivity contribution in [3.63, 3.8) is 0 Å². The molecule has 0 amide bonds. The third-order valence-electron chi connectivity index (χ3n) is 3.63. The second-order valence-electron chi connectivity index (χ2n) is 5.07. The predicted octanol–water partition coefficient (Wildman–Crippen LogP) is 3.76.